The molecule has 0 aromatic heterocycles. The lowest BCUT2D eigenvalue weighted by atomic mass is 10.0. The number of sulfonamides is 2. The van der Waals surface area contributed by atoms with Gasteiger partial charge in [0.05, 0.1) is 22.9 Å². The van der Waals surface area contributed by atoms with Gasteiger partial charge in [0.1, 0.15) is 5.75 Å². The van der Waals surface area contributed by atoms with Gasteiger partial charge in [-0.3, -0.25) is 9.03 Å². The second-order valence-electron chi connectivity index (χ2n) is 7.76. The summed E-state index contributed by atoms with van der Waals surface area (Å²) in [6.07, 6.45) is 1.95. The Balaban J connectivity index is 1.90. The first-order valence-electron chi connectivity index (χ1n) is 10.5. The molecule has 2 aromatic rings. The molecule has 9 heteroatoms. The van der Waals surface area contributed by atoms with Crippen LogP contribution in [-0.2, 0) is 26.5 Å². The SMILES string of the molecule is CCCS(=O)(=O)N1CCCc2cc(NS(=O)(=O)c3cc(C)c(OCC)c(C)c3)ccc21. The summed E-state index contributed by atoms with van der Waals surface area (Å²) >= 11 is 0. The summed E-state index contributed by atoms with van der Waals surface area (Å²) in [6, 6.07) is 8.23. The van der Waals surface area contributed by atoms with Crippen molar-refractivity contribution < 1.29 is 21.6 Å². The van der Waals surface area contributed by atoms with Crippen molar-refractivity contribution in [1.29, 1.82) is 0 Å². The number of benzene rings is 2. The lowest BCUT2D eigenvalue weighted by molar-refractivity contribution is 0.335. The van der Waals surface area contributed by atoms with Crippen LogP contribution in [0.4, 0.5) is 11.4 Å². The van der Waals surface area contributed by atoms with E-state index in [0.29, 0.717) is 49.5 Å². The van der Waals surface area contributed by atoms with Gasteiger partial charge in [0.25, 0.3) is 10.0 Å². The lowest BCUT2D eigenvalue weighted by Gasteiger charge is -2.30. The molecule has 0 saturated carbocycles. The van der Waals surface area contributed by atoms with Gasteiger partial charge in [-0.2, -0.15) is 0 Å². The molecule has 0 atom stereocenters. The molecular weight excluding hydrogens is 436 g/mol. The largest absolute Gasteiger partial charge is 0.493 e. The average molecular weight is 467 g/mol. The Labute approximate surface area is 185 Å². The number of fused-ring (bicyclic) bond motifs is 1. The summed E-state index contributed by atoms with van der Waals surface area (Å²) in [5.41, 5.74) is 3.38. The van der Waals surface area contributed by atoms with E-state index in [9.17, 15) is 16.8 Å². The Kier molecular flexibility index (Phi) is 6.85. The van der Waals surface area contributed by atoms with Crippen molar-refractivity contribution in [2.45, 2.75) is 51.9 Å². The predicted molar refractivity (Wildman–Crippen MR) is 124 cm³/mol. The minimum Gasteiger partial charge on any atom is -0.493 e. The third-order valence-electron chi connectivity index (χ3n) is 5.24. The van der Waals surface area contributed by atoms with E-state index in [0.717, 1.165) is 16.7 Å². The van der Waals surface area contributed by atoms with Crippen molar-refractivity contribution in [3.05, 3.63) is 47.0 Å². The van der Waals surface area contributed by atoms with Gasteiger partial charge >= 0.3 is 0 Å². The topological polar surface area (TPSA) is 92.8 Å². The van der Waals surface area contributed by atoms with Gasteiger partial charge in [-0.05, 0) is 87.1 Å². The zero-order valence-corrected chi connectivity index (χ0v) is 20.1. The molecule has 0 bridgehead atoms. The van der Waals surface area contributed by atoms with Crippen molar-refractivity contribution in [2.75, 3.05) is 27.9 Å². The summed E-state index contributed by atoms with van der Waals surface area (Å²) in [6.45, 7) is 8.32. The van der Waals surface area contributed by atoms with Gasteiger partial charge in [0, 0.05) is 12.2 Å². The zero-order valence-electron chi connectivity index (χ0n) is 18.4. The van der Waals surface area contributed by atoms with Gasteiger partial charge in [0.2, 0.25) is 10.0 Å². The smallest absolute Gasteiger partial charge is 0.261 e. The zero-order chi connectivity index (χ0) is 22.8. The van der Waals surface area contributed by atoms with Crippen LogP contribution < -0.4 is 13.8 Å². The highest BCUT2D eigenvalue weighted by molar-refractivity contribution is 7.93. The van der Waals surface area contributed by atoms with Crippen molar-refractivity contribution in [3.8, 4) is 5.75 Å². The number of anilines is 2. The van der Waals surface area contributed by atoms with Crippen molar-refractivity contribution in [1.82, 2.24) is 0 Å². The Morgan fingerprint density at radius 3 is 2.32 bits per heavy atom. The number of nitrogens with zero attached hydrogens (tertiary/aromatic N) is 1. The number of nitrogens with one attached hydrogen (secondary N) is 1. The van der Waals surface area contributed by atoms with Gasteiger partial charge < -0.3 is 4.74 Å². The molecule has 1 aliphatic rings. The fourth-order valence-corrected chi connectivity index (χ4v) is 6.78. The molecule has 0 amide bonds. The summed E-state index contributed by atoms with van der Waals surface area (Å²) < 4.78 is 60.9. The Bertz CT molecular complexity index is 1150. The molecule has 2 aromatic carbocycles. The quantitative estimate of drug-likeness (QED) is 0.635. The standard InChI is InChI=1S/C22H30N2O5S2/c1-5-12-30(25,26)24-11-7-8-18-15-19(9-10-21(18)24)23-31(27,28)20-13-16(3)22(29-6-2)17(4)14-20/h9-10,13-15,23H,5-8,11-12H2,1-4H3. The first-order valence-corrected chi connectivity index (χ1v) is 13.6. The van der Waals surface area contributed by atoms with Crippen LogP contribution in [0.3, 0.4) is 0 Å². The van der Waals surface area contributed by atoms with E-state index < -0.39 is 20.0 Å². The van der Waals surface area contributed by atoms with E-state index in [1.54, 1.807) is 30.3 Å². The summed E-state index contributed by atoms with van der Waals surface area (Å²) in [4.78, 5) is 0.163. The van der Waals surface area contributed by atoms with Gasteiger partial charge in [-0.25, -0.2) is 16.8 Å². The number of rotatable bonds is 8. The minimum absolute atomic E-state index is 0.0945. The molecular formula is C22H30N2O5S2. The first-order chi connectivity index (χ1) is 14.6. The Hall–Kier alpha value is -2.26. The number of aryl methyl sites for hydroxylation is 3. The van der Waals surface area contributed by atoms with Crippen LogP contribution in [0.25, 0.3) is 0 Å². The van der Waals surface area contributed by atoms with Gasteiger partial charge in [-0.15, -0.1) is 0 Å². The van der Waals surface area contributed by atoms with Crippen LogP contribution in [-0.4, -0.2) is 35.7 Å². The van der Waals surface area contributed by atoms with E-state index in [1.807, 2.05) is 27.7 Å². The van der Waals surface area contributed by atoms with Crippen LogP contribution in [0.5, 0.6) is 5.75 Å². The molecule has 0 unspecified atom stereocenters. The summed E-state index contributed by atoms with van der Waals surface area (Å²) in [7, 11) is -7.18. The molecule has 170 valence electrons. The van der Waals surface area contributed by atoms with E-state index in [1.165, 1.54) is 4.31 Å². The molecule has 1 N–H and O–H groups in total. The van der Waals surface area contributed by atoms with Crippen LogP contribution >= 0.6 is 0 Å². The molecule has 0 spiro atoms. The number of hydrogen-bond donors (Lipinski definition) is 1. The second kappa shape index (κ2) is 9.08. The van der Waals surface area contributed by atoms with Crippen LogP contribution in [0, 0.1) is 13.8 Å². The van der Waals surface area contributed by atoms with Crippen molar-refractivity contribution in [3.63, 3.8) is 0 Å². The molecule has 0 aliphatic carbocycles. The first kappa shape index (κ1) is 23.4. The molecule has 0 fully saturated rings. The van der Waals surface area contributed by atoms with Crippen LogP contribution in [0.15, 0.2) is 35.2 Å². The maximum Gasteiger partial charge on any atom is 0.261 e. The number of hydrogen-bond acceptors (Lipinski definition) is 5. The van der Waals surface area contributed by atoms with Crippen molar-refractivity contribution >= 4 is 31.4 Å². The Morgan fingerprint density at radius 2 is 1.71 bits per heavy atom. The minimum atomic E-state index is -3.80. The molecule has 3 rings (SSSR count). The van der Waals surface area contributed by atoms with E-state index in [-0.39, 0.29) is 10.6 Å². The third kappa shape index (κ3) is 4.98. The maximum atomic E-state index is 13.0. The van der Waals surface area contributed by atoms with E-state index in [4.69, 9.17) is 4.74 Å². The molecule has 1 heterocycles. The van der Waals surface area contributed by atoms with E-state index >= 15 is 0 Å². The van der Waals surface area contributed by atoms with Crippen LogP contribution in [0.2, 0.25) is 0 Å². The molecule has 31 heavy (non-hydrogen) atoms. The number of ether oxygens (including phenoxy) is 1. The van der Waals surface area contributed by atoms with Gasteiger partial charge in [0.15, 0.2) is 0 Å². The highest BCUT2D eigenvalue weighted by atomic mass is 32.2. The molecule has 1 aliphatic heterocycles. The lowest BCUT2D eigenvalue weighted by Crippen LogP contribution is -2.37. The molecule has 0 saturated heterocycles. The fourth-order valence-electron chi connectivity index (χ4n) is 3.93. The van der Waals surface area contributed by atoms with Crippen LogP contribution in [0.1, 0.15) is 43.4 Å². The molecule has 7 nitrogen and oxygen atoms in total. The van der Waals surface area contributed by atoms with Gasteiger partial charge in [-0.1, -0.05) is 6.92 Å². The second-order valence-corrected chi connectivity index (χ2v) is 11.5. The monoisotopic (exact) mass is 466 g/mol. The predicted octanol–water partition coefficient (Wildman–Crippen LogP) is 4.00. The summed E-state index contributed by atoms with van der Waals surface area (Å²) in [5.74, 6) is 0.792. The maximum absolute atomic E-state index is 13.0. The third-order valence-corrected chi connectivity index (χ3v) is 8.57. The normalized spacial score (nSPS) is 14.3. The van der Waals surface area contributed by atoms with Crippen molar-refractivity contribution in [2.24, 2.45) is 0 Å². The highest BCUT2D eigenvalue weighted by Crippen LogP contribution is 2.33. The Morgan fingerprint density at radius 1 is 1.03 bits per heavy atom. The molecule has 0 radical (unpaired) electrons. The highest BCUT2D eigenvalue weighted by Gasteiger charge is 2.27. The average Bonchev–Trinajstić information content (AvgIpc) is 2.69. The summed E-state index contributed by atoms with van der Waals surface area (Å²) in [5, 5.41) is 0. The fraction of sp³-hybridized carbons (Fsp3) is 0.455. The van der Waals surface area contributed by atoms with E-state index in [2.05, 4.69) is 4.72 Å².